The molecule has 16 heavy (non-hydrogen) atoms. The normalized spacial score (nSPS) is 27.5. The Morgan fingerprint density at radius 3 is 2.50 bits per heavy atom. The highest BCUT2D eigenvalue weighted by Crippen LogP contribution is 2.28. The lowest BCUT2D eigenvalue weighted by Crippen LogP contribution is -2.45. The number of hydrogen-bond donors (Lipinski definition) is 2. The highest BCUT2D eigenvalue weighted by molar-refractivity contribution is 7.92. The van der Waals surface area contributed by atoms with Crippen molar-refractivity contribution >= 4 is 27.2 Å². The van der Waals surface area contributed by atoms with E-state index >= 15 is 0 Å². The third-order valence-electron chi connectivity index (χ3n) is 3.01. The first kappa shape index (κ1) is 13.8. The minimum Gasteiger partial charge on any atom is -0.393 e. The van der Waals surface area contributed by atoms with Gasteiger partial charge in [-0.05, 0) is 25.7 Å². The monoisotopic (exact) mass is 266 g/mol. The molecule has 0 amide bonds. The third-order valence-corrected chi connectivity index (χ3v) is 5.68. The molecule has 0 aromatic heterocycles. The van der Waals surface area contributed by atoms with Crippen molar-refractivity contribution in [3.05, 3.63) is 0 Å². The van der Waals surface area contributed by atoms with Crippen molar-refractivity contribution in [1.29, 1.82) is 0 Å². The Morgan fingerprint density at radius 1 is 1.62 bits per heavy atom. The predicted molar refractivity (Wildman–Crippen MR) is 66.5 cm³/mol. The molecule has 0 aliphatic heterocycles. The Kier molecular flexibility index (Phi) is 4.28. The van der Waals surface area contributed by atoms with Crippen LogP contribution < -0.4 is 5.73 Å². The molecule has 0 spiro atoms. The molecule has 1 aliphatic rings. The van der Waals surface area contributed by atoms with Crippen LogP contribution in [0.1, 0.15) is 19.8 Å². The van der Waals surface area contributed by atoms with E-state index in [0.717, 1.165) is 0 Å². The lowest BCUT2D eigenvalue weighted by atomic mass is 9.82. The zero-order chi connectivity index (χ0) is 12.5. The maximum absolute atomic E-state index is 11.9. The summed E-state index contributed by atoms with van der Waals surface area (Å²) in [5.41, 5.74) is 5.34. The second-order valence-electron chi connectivity index (χ2n) is 4.36. The van der Waals surface area contributed by atoms with Crippen molar-refractivity contribution in [1.82, 2.24) is 4.31 Å². The van der Waals surface area contributed by atoms with E-state index < -0.39 is 15.3 Å². The van der Waals surface area contributed by atoms with E-state index in [1.54, 1.807) is 0 Å². The average molecular weight is 266 g/mol. The molecule has 0 radical (unpaired) electrons. The standard InChI is InChI=1S/C9H18N2O3S2/c1-6(9(10)15)16(13,14)11(2)5-7-3-8(12)4-7/h6-8,12H,3-5H2,1-2H3,(H2,10,15). The average Bonchev–Trinajstić information content (AvgIpc) is 2.13. The van der Waals surface area contributed by atoms with Gasteiger partial charge in [-0.25, -0.2) is 12.7 Å². The van der Waals surface area contributed by atoms with Crippen molar-refractivity contribution in [2.24, 2.45) is 11.7 Å². The number of nitrogens with zero attached hydrogens (tertiary/aromatic N) is 1. The quantitative estimate of drug-likeness (QED) is 0.667. The van der Waals surface area contributed by atoms with Crippen LogP contribution in [0.15, 0.2) is 0 Å². The predicted octanol–water partition coefficient (Wildman–Crippen LogP) is -0.306. The number of aliphatic hydroxyl groups is 1. The van der Waals surface area contributed by atoms with E-state index in [-0.39, 0.29) is 17.0 Å². The Morgan fingerprint density at radius 2 is 2.12 bits per heavy atom. The summed E-state index contributed by atoms with van der Waals surface area (Å²) in [7, 11) is -1.92. The minimum atomic E-state index is -3.44. The summed E-state index contributed by atoms with van der Waals surface area (Å²) in [5.74, 6) is 0.244. The van der Waals surface area contributed by atoms with E-state index in [2.05, 4.69) is 0 Å². The van der Waals surface area contributed by atoms with Crippen molar-refractivity contribution in [3.63, 3.8) is 0 Å². The van der Waals surface area contributed by atoms with Gasteiger partial charge in [-0.15, -0.1) is 0 Å². The minimum absolute atomic E-state index is 0.0134. The molecule has 3 N–H and O–H groups in total. The summed E-state index contributed by atoms with van der Waals surface area (Å²) in [4.78, 5) is -0.0134. The van der Waals surface area contributed by atoms with Gasteiger partial charge in [0.05, 0.1) is 11.1 Å². The zero-order valence-electron chi connectivity index (χ0n) is 9.46. The molecule has 7 heteroatoms. The third kappa shape index (κ3) is 2.91. The first-order valence-corrected chi connectivity index (χ1v) is 7.08. The molecule has 0 bridgehead atoms. The van der Waals surface area contributed by atoms with Gasteiger partial charge in [-0.3, -0.25) is 0 Å². The molecule has 0 saturated heterocycles. The summed E-state index contributed by atoms with van der Waals surface area (Å²) in [5, 5.41) is 8.29. The Hall–Kier alpha value is -0.240. The zero-order valence-corrected chi connectivity index (χ0v) is 11.1. The van der Waals surface area contributed by atoms with Gasteiger partial charge >= 0.3 is 0 Å². The summed E-state index contributed by atoms with van der Waals surface area (Å²) < 4.78 is 25.1. The maximum Gasteiger partial charge on any atom is 0.222 e. The fraction of sp³-hybridized carbons (Fsp3) is 0.889. The SMILES string of the molecule is CC(C(N)=S)S(=O)(=O)N(C)CC1CC(O)C1. The molecular formula is C9H18N2O3S2. The van der Waals surface area contributed by atoms with Gasteiger partial charge in [-0.2, -0.15) is 0 Å². The summed E-state index contributed by atoms with van der Waals surface area (Å²) >= 11 is 4.69. The molecule has 0 heterocycles. The van der Waals surface area contributed by atoms with Crippen LogP contribution in [0.3, 0.4) is 0 Å². The van der Waals surface area contributed by atoms with Crippen molar-refractivity contribution in [2.75, 3.05) is 13.6 Å². The summed E-state index contributed by atoms with van der Waals surface area (Å²) in [6.45, 7) is 1.91. The number of hydrogen-bond acceptors (Lipinski definition) is 4. The topological polar surface area (TPSA) is 83.6 Å². The number of nitrogens with two attached hydrogens (primary N) is 1. The molecule has 1 fully saturated rings. The first-order valence-electron chi connectivity index (χ1n) is 5.17. The van der Waals surface area contributed by atoms with Crippen LogP contribution in [0.5, 0.6) is 0 Å². The second kappa shape index (κ2) is 4.95. The molecule has 1 aliphatic carbocycles. The smallest absolute Gasteiger partial charge is 0.222 e. The van der Waals surface area contributed by atoms with E-state index in [9.17, 15) is 8.42 Å². The van der Waals surface area contributed by atoms with Crippen molar-refractivity contribution < 1.29 is 13.5 Å². The van der Waals surface area contributed by atoms with E-state index in [1.807, 2.05) is 0 Å². The van der Waals surface area contributed by atoms with Crippen LogP contribution in [0.4, 0.5) is 0 Å². The fourth-order valence-corrected chi connectivity index (χ4v) is 3.35. The lowest BCUT2D eigenvalue weighted by molar-refractivity contribution is 0.0367. The van der Waals surface area contributed by atoms with E-state index in [0.29, 0.717) is 19.4 Å². The molecule has 0 aromatic rings. The van der Waals surface area contributed by atoms with Gasteiger partial charge in [0.1, 0.15) is 5.25 Å². The summed E-state index contributed by atoms with van der Waals surface area (Å²) in [6, 6.07) is 0. The molecule has 1 atom stereocenters. The molecule has 1 rings (SSSR count). The number of sulfonamides is 1. The highest BCUT2D eigenvalue weighted by atomic mass is 32.2. The lowest BCUT2D eigenvalue weighted by Gasteiger charge is -2.34. The van der Waals surface area contributed by atoms with Crippen LogP contribution in [0, 0.1) is 5.92 Å². The molecule has 94 valence electrons. The van der Waals surface area contributed by atoms with Gasteiger partial charge in [0.15, 0.2) is 0 Å². The maximum atomic E-state index is 11.9. The van der Waals surface area contributed by atoms with Crippen molar-refractivity contribution in [2.45, 2.75) is 31.1 Å². The Labute approximate surface area is 102 Å². The van der Waals surface area contributed by atoms with Gasteiger partial charge in [-0.1, -0.05) is 12.2 Å². The van der Waals surface area contributed by atoms with Crippen molar-refractivity contribution in [3.8, 4) is 0 Å². The highest BCUT2D eigenvalue weighted by Gasteiger charge is 2.33. The first-order chi connectivity index (χ1) is 7.25. The molecular weight excluding hydrogens is 248 g/mol. The van der Waals surface area contributed by atoms with Gasteiger partial charge in [0, 0.05) is 13.6 Å². The van der Waals surface area contributed by atoms with E-state index in [4.69, 9.17) is 23.1 Å². The molecule has 5 nitrogen and oxygen atoms in total. The van der Waals surface area contributed by atoms with Gasteiger partial charge in [0.25, 0.3) is 0 Å². The Bertz CT molecular complexity index is 363. The molecule has 1 unspecified atom stereocenters. The van der Waals surface area contributed by atoms with Crippen LogP contribution >= 0.6 is 12.2 Å². The Balaban J connectivity index is 2.58. The van der Waals surface area contributed by atoms with E-state index in [1.165, 1.54) is 18.3 Å². The van der Waals surface area contributed by atoms with Crippen LogP contribution in [-0.4, -0.2) is 47.8 Å². The summed E-state index contributed by atoms with van der Waals surface area (Å²) in [6.07, 6.45) is 1.07. The number of aliphatic hydroxyl groups excluding tert-OH is 1. The van der Waals surface area contributed by atoms with Crippen LogP contribution in [0.25, 0.3) is 0 Å². The molecule has 0 aromatic carbocycles. The second-order valence-corrected chi connectivity index (χ2v) is 7.19. The van der Waals surface area contributed by atoms with Crippen LogP contribution in [0.2, 0.25) is 0 Å². The molecule has 1 saturated carbocycles. The van der Waals surface area contributed by atoms with Crippen LogP contribution in [-0.2, 0) is 10.0 Å². The van der Waals surface area contributed by atoms with Gasteiger partial charge in [0.2, 0.25) is 10.0 Å². The van der Waals surface area contributed by atoms with Gasteiger partial charge < -0.3 is 10.8 Å². The fourth-order valence-electron chi connectivity index (χ4n) is 1.73. The number of thiocarbonyl (C=S) groups is 1. The number of rotatable bonds is 5. The largest absolute Gasteiger partial charge is 0.393 e.